The van der Waals surface area contributed by atoms with Gasteiger partial charge in [0.1, 0.15) is 0 Å². The Hall–Kier alpha value is -2.25. The maximum atomic E-state index is 12.9. The molecule has 1 unspecified atom stereocenters. The van der Waals surface area contributed by atoms with Gasteiger partial charge in [-0.05, 0) is 25.1 Å². The summed E-state index contributed by atoms with van der Waals surface area (Å²) in [5, 5.41) is 0. The lowest BCUT2D eigenvalue weighted by molar-refractivity contribution is -0.141. The first-order valence-electron chi connectivity index (χ1n) is 7.62. The number of hydrogen-bond acceptors (Lipinski definition) is 3. The van der Waals surface area contributed by atoms with Crippen molar-refractivity contribution >= 4 is 17.7 Å². The van der Waals surface area contributed by atoms with E-state index in [4.69, 9.17) is 4.74 Å². The summed E-state index contributed by atoms with van der Waals surface area (Å²) in [6.45, 7) is 4.03. The summed E-state index contributed by atoms with van der Waals surface area (Å²) in [6.07, 6.45) is -4.12. The van der Waals surface area contributed by atoms with Crippen molar-refractivity contribution in [3.05, 3.63) is 29.8 Å². The first-order valence-corrected chi connectivity index (χ1v) is 7.62. The molecule has 1 saturated heterocycles. The van der Waals surface area contributed by atoms with Crippen molar-refractivity contribution in [3.63, 3.8) is 0 Å². The number of likely N-dealkylation sites (N-methyl/N-ethyl adjacent to an activating group) is 1. The molecule has 0 aliphatic carbocycles. The normalized spacial score (nSPS) is 18.2. The third kappa shape index (κ3) is 3.98. The summed E-state index contributed by atoms with van der Waals surface area (Å²) in [6, 6.07) is 4.00. The molecule has 0 spiro atoms. The molecule has 8 heteroatoms. The molecule has 2 rings (SSSR count). The maximum absolute atomic E-state index is 12.9. The highest BCUT2D eigenvalue weighted by molar-refractivity contribution is 5.95. The first kappa shape index (κ1) is 18.1. The molecule has 1 aromatic rings. The molecule has 0 aromatic heterocycles. The van der Waals surface area contributed by atoms with E-state index < -0.39 is 17.7 Å². The van der Waals surface area contributed by atoms with Crippen LogP contribution in [0.2, 0.25) is 0 Å². The molecule has 0 radical (unpaired) electrons. The van der Waals surface area contributed by atoms with Crippen LogP contribution in [0.15, 0.2) is 24.3 Å². The highest BCUT2D eigenvalue weighted by atomic mass is 19.4. The average Bonchev–Trinajstić information content (AvgIpc) is 2.82. The van der Waals surface area contributed by atoms with Crippen molar-refractivity contribution < 1.29 is 27.5 Å². The van der Waals surface area contributed by atoms with Crippen LogP contribution in [0, 0.1) is 0 Å². The Morgan fingerprint density at radius 2 is 2.08 bits per heavy atom. The number of anilines is 1. The number of rotatable bonds is 5. The quantitative estimate of drug-likeness (QED) is 0.770. The third-order valence-electron chi connectivity index (χ3n) is 3.86. The van der Waals surface area contributed by atoms with Gasteiger partial charge in [0.05, 0.1) is 18.2 Å². The summed E-state index contributed by atoms with van der Waals surface area (Å²) >= 11 is 0. The minimum Gasteiger partial charge on any atom is -0.466 e. The first-order chi connectivity index (χ1) is 11.2. The number of esters is 1. The number of benzene rings is 1. The largest absolute Gasteiger partial charge is 0.466 e. The summed E-state index contributed by atoms with van der Waals surface area (Å²) in [4.78, 5) is 26.2. The van der Waals surface area contributed by atoms with E-state index in [0.717, 1.165) is 12.1 Å². The lowest BCUT2D eigenvalue weighted by atomic mass is 10.1. The highest BCUT2D eigenvalue weighted by Crippen LogP contribution is 2.34. The fraction of sp³-hybridized carbons (Fsp3) is 0.500. The molecule has 0 saturated carbocycles. The molecule has 1 aromatic carbocycles. The molecule has 24 heavy (non-hydrogen) atoms. The van der Waals surface area contributed by atoms with E-state index in [9.17, 15) is 22.8 Å². The second kappa shape index (κ2) is 7.11. The van der Waals surface area contributed by atoms with Crippen LogP contribution in [0.25, 0.3) is 0 Å². The third-order valence-corrected chi connectivity index (χ3v) is 3.86. The number of urea groups is 1. The predicted molar refractivity (Wildman–Crippen MR) is 81.6 cm³/mol. The second-order valence-electron chi connectivity index (χ2n) is 5.52. The Bertz CT molecular complexity index is 619. The molecular formula is C16H19F3N2O3. The van der Waals surface area contributed by atoms with E-state index in [1.165, 1.54) is 24.0 Å². The zero-order valence-electron chi connectivity index (χ0n) is 13.5. The van der Waals surface area contributed by atoms with E-state index in [1.807, 2.05) is 0 Å². The van der Waals surface area contributed by atoms with Crippen molar-refractivity contribution in [2.45, 2.75) is 32.5 Å². The number of amides is 2. The topological polar surface area (TPSA) is 49.9 Å². The number of alkyl halides is 3. The van der Waals surface area contributed by atoms with Crippen LogP contribution in [0.4, 0.5) is 23.7 Å². The van der Waals surface area contributed by atoms with Crippen LogP contribution < -0.4 is 4.90 Å². The van der Waals surface area contributed by atoms with Gasteiger partial charge >= 0.3 is 18.2 Å². The Kier molecular flexibility index (Phi) is 5.36. The minimum absolute atomic E-state index is 0.111. The molecule has 5 nitrogen and oxygen atoms in total. The van der Waals surface area contributed by atoms with E-state index in [1.54, 1.807) is 11.8 Å². The molecule has 1 atom stereocenters. The zero-order valence-corrected chi connectivity index (χ0v) is 13.5. The van der Waals surface area contributed by atoms with Crippen LogP contribution in [-0.4, -0.2) is 42.6 Å². The van der Waals surface area contributed by atoms with Crippen molar-refractivity contribution in [2.75, 3.05) is 24.6 Å². The number of nitrogens with zero attached hydrogens (tertiary/aromatic N) is 2. The van der Waals surface area contributed by atoms with Gasteiger partial charge in [-0.2, -0.15) is 13.2 Å². The SMILES string of the molecule is CCN1CC(CCOC(C)=O)N(c2cccc(C(F)(F)F)c2)C1=O. The van der Waals surface area contributed by atoms with E-state index in [2.05, 4.69) is 0 Å². The second-order valence-corrected chi connectivity index (χ2v) is 5.52. The molecule has 2 amide bonds. The fourth-order valence-electron chi connectivity index (χ4n) is 2.70. The smallest absolute Gasteiger partial charge is 0.416 e. The van der Waals surface area contributed by atoms with Gasteiger partial charge in [-0.1, -0.05) is 6.07 Å². The molecule has 0 N–H and O–H groups in total. The molecule has 1 heterocycles. The van der Waals surface area contributed by atoms with Gasteiger partial charge in [0.2, 0.25) is 0 Å². The lowest BCUT2D eigenvalue weighted by Gasteiger charge is -2.24. The minimum atomic E-state index is -4.48. The molecule has 0 bridgehead atoms. The number of halogens is 3. The van der Waals surface area contributed by atoms with Gasteiger partial charge in [0.25, 0.3) is 0 Å². The van der Waals surface area contributed by atoms with Crippen molar-refractivity contribution in [2.24, 2.45) is 0 Å². The van der Waals surface area contributed by atoms with Crippen molar-refractivity contribution in [3.8, 4) is 0 Å². The van der Waals surface area contributed by atoms with E-state index in [-0.39, 0.29) is 24.4 Å². The standard InChI is InChI=1S/C16H19F3N2O3/c1-3-20-10-14(7-8-24-11(2)22)21(15(20)23)13-6-4-5-12(9-13)16(17,18)19/h4-6,9,14H,3,7-8,10H2,1-2H3. The summed E-state index contributed by atoms with van der Waals surface area (Å²) < 4.78 is 43.6. The van der Waals surface area contributed by atoms with Crippen LogP contribution in [0.5, 0.6) is 0 Å². The molecule has 1 aliphatic rings. The number of ether oxygens (including phenoxy) is 1. The van der Waals surface area contributed by atoms with Gasteiger partial charge in [-0.3, -0.25) is 9.69 Å². The van der Waals surface area contributed by atoms with Gasteiger partial charge in [-0.15, -0.1) is 0 Å². The summed E-state index contributed by atoms with van der Waals surface area (Å²) in [7, 11) is 0. The zero-order chi connectivity index (χ0) is 17.9. The van der Waals surface area contributed by atoms with Gasteiger partial charge < -0.3 is 9.64 Å². The summed E-state index contributed by atoms with van der Waals surface area (Å²) in [5.41, 5.74) is -0.611. The van der Waals surface area contributed by atoms with Crippen LogP contribution in [0.3, 0.4) is 0 Å². The number of carbonyl (C=O) groups excluding carboxylic acids is 2. The lowest BCUT2D eigenvalue weighted by Crippen LogP contribution is -2.36. The number of hydrogen-bond donors (Lipinski definition) is 0. The Morgan fingerprint density at radius 1 is 1.38 bits per heavy atom. The number of carbonyl (C=O) groups is 2. The monoisotopic (exact) mass is 344 g/mol. The van der Waals surface area contributed by atoms with Gasteiger partial charge in [0, 0.05) is 32.1 Å². The summed E-state index contributed by atoms with van der Waals surface area (Å²) in [5.74, 6) is -0.433. The maximum Gasteiger partial charge on any atom is 0.416 e. The fourth-order valence-corrected chi connectivity index (χ4v) is 2.70. The Labute approximate surface area is 138 Å². The van der Waals surface area contributed by atoms with Crippen LogP contribution in [0.1, 0.15) is 25.8 Å². The van der Waals surface area contributed by atoms with E-state index >= 15 is 0 Å². The molecule has 1 aliphatic heterocycles. The molecular weight excluding hydrogens is 325 g/mol. The van der Waals surface area contributed by atoms with Gasteiger partial charge in [-0.25, -0.2) is 4.79 Å². The van der Waals surface area contributed by atoms with Crippen molar-refractivity contribution in [1.29, 1.82) is 0 Å². The Balaban J connectivity index is 2.26. The van der Waals surface area contributed by atoms with Gasteiger partial charge in [0.15, 0.2) is 0 Å². The van der Waals surface area contributed by atoms with Crippen LogP contribution >= 0.6 is 0 Å². The average molecular weight is 344 g/mol. The highest BCUT2D eigenvalue weighted by Gasteiger charge is 2.38. The van der Waals surface area contributed by atoms with E-state index in [0.29, 0.717) is 19.5 Å². The van der Waals surface area contributed by atoms with Crippen molar-refractivity contribution in [1.82, 2.24) is 4.90 Å². The predicted octanol–water partition coefficient (Wildman–Crippen LogP) is 3.29. The molecule has 132 valence electrons. The Morgan fingerprint density at radius 3 is 2.67 bits per heavy atom. The van der Waals surface area contributed by atoms with Crippen LogP contribution in [-0.2, 0) is 15.7 Å². The molecule has 1 fully saturated rings.